The predicted molar refractivity (Wildman–Crippen MR) is 78.6 cm³/mol. The van der Waals surface area contributed by atoms with E-state index in [1.807, 2.05) is 0 Å². The molecule has 2 fully saturated rings. The van der Waals surface area contributed by atoms with Gasteiger partial charge in [0.1, 0.15) is 10.3 Å². The lowest BCUT2D eigenvalue weighted by atomic mass is 10.2. The number of carbonyl (C=O) groups is 1. The first-order valence-electron chi connectivity index (χ1n) is 7.02. The first kappa shape index (κ1) is 15.0. The van der Waals surface area contributed by atoms with E-state index in [9.17, 15) is 13.2 Å². The summed E-state index contributed by atoms with van der Waals surface area (Å²) in [5, 5.41) is 1.74. The summed E-state index contributed by atoms with van der Waals surface area (Å²) in [5.74, 6) is -0.0871. The first-order chi connectivity index (χ1) is 10.1. The van der Waals surface area contributed by atoms with E-state index in [0.29, 0.717) is 43.5 Å². The van der Waals surface area contributed by atoms with Gasteiger partial charge in [-0.3, -0.25) is 4.79 Å². The van der Waals surface area contributed by atoms with Gasteiger partial charge in [-0.05, 0) is 24.3 Å². The zero-order valence-corrected chi connectivity index (χ0v) is 13.2. The maximum absolute atomic E-state index is 12.6. The van der Waals surface area contributed by atoms with Gasteiger partial charge in [0.05, 0.1) is 13.2 Å². The Bertz CT molecular complexity index is 594. The summed E-state index contributed by atoms with van der Waals surface area (Å²) in [4.78, 5) is 14.3. The Labute approximate surface area is 128 Å². The van der Waals surface area contributed by atoms with Crippen molar-refractivity contribution in [1.29, 1.82) is 0 Å². The van der Waals surface area contributed by atoms with Crippen molar-refractivity contribution in [3.05, 3.63) is 17.5 Å². The van der Waals surface area contributed by atoms with E-state index < -0.39 is 16.1 Å². The van der Waals surface area contributed by atoms with Gasteiger partial charge in [0.25, 0.3) is 10.0 Å². The van der Waals surface area contributed by atoms with E-state index in [1.54, 1.807) is 22.4 Å². The summed E-state index contributed by atoms with van der Waals surface area (Å²) in [5.41, 5.74) is 0. The number of nitrogens with zero attached hydrogens (tertiary/aromatic N) is 2. The summed E-state index contributed by atoms with van der Waals surface area (Å²) in [6.07, 6.45) is 1.33. The van der Waals surface area contributed by atoms with Crippen LogP contribution in [0.1, 0.15) is 12.8 Å². The number of carbonyl (C=O) groups excluding carboxylic acids is 1. The highest BCUT2D eigenvalue weighted by atomic mass is 32.2. The molecule has 1 aromatic rings. The Balaban J connectivity index is 1.81. The molecule has 1 unspecified atom stereocenters. The summed E-state index contributed by atoms with van der Waals surface area (Å²) in [6.45, 7) is 2.55. The van der Waals surface area contributed by atoms with E-state index in [1.165, 1.54) is 15.6 Å². The quantitative estimate of drug-likeness (QED) is 0.821. The van der Waals surface area contributed by atoms with Crippen LogP contribution < -0.4 is 0 Å². The lowest BCUT2D eigenvalue weighted by Crippen LogP contribution is -2.50. The van der Waals surface area contributed by atoms with Gasteiger partial charge >= 0.3 is 0 Å². The summed E-state index contributed by atoms with van der Waals surface area (Å²) in [6, 6.07) is 2.75. The smallest absolute Gasteiger partial charge is 0.253 e. The van der Waals surface area contributed by atoms with Crippen molar-refractivity contribution in [3.63, 3.8) is 0 Å². The van der Waals surface area contributed by atoms with Crippen LogP contribution in [0, 0.1) is 0 Å². The standard InChI is InChI=1S/C13H18N2O4S2/c16-13(14-6-8-19-9-7-14)11-3-1-5-15(11)21(17,18)12-4-2-10-20-12/h2,4,10-11H,1,3,5-9H2. The van der Waals surface area contributed by atoms with Crippen LogP contribution in [0.3, 0.4) is 0 Å². The van der Waals surface area contributed by atoms with Gasteiger partial charge < -0.3 is 9.64 Å². The van der Waals surface area contributed by atoms with Crippen molar-refractivity contribution in [2.24, 2.45) is 0 Å². The molecule has 3 rings (SSSR count). The SMILES string of the molecule is O=C(C1CCCN1S(=O)(=O)c1cccs1)N1CCOCC1. The molecule has 2 saturated heterocycles. The Kier molecular flexibility index (Phi) is 4.30. The van der Waals surface area contributed by atoms with Crippen molar-refractivity contribution in [2.45, 2.75) is 23.1 Å². The number of amides is 1. The zero-order valence-electron chi connectivity index (χ0n) is 11.6. The minimum atomic E-state index is -3.56. The monoisotopic (exact) mass is 330 g/mol. The van der Waals surface area contributed by atoms with E-state index in [0.717, 1.165) is 6.42 Å². The molecule has 0 aromatic carbocycles. The molecule has 1 aromatic heterocycles. The largest absolute Gasteiger partial charge is 0.378 e. The number of ether oxygens (including phenoxy) is 1. The molecule has 0 N–H and O–H groups in total. The molecule has 21 heavy (non-hydrogen) atoms. The van der Waals surface area contributed by atoms with Crippen LogP contribution in [0.25, 0.3) is 0 Å². The van der Waals surface area contributed by atoms with Gasteiger partial charge in [-0.15, -0.1) is 11.3 Å². The van der Waals surface area contributed by atoms with Gasteiger partial charge in [0.15, 0.2) is 0 Å². The zero-order chi connectivity index (χ0) is 14.9. The van der Waals surface area contributed by atoms with Gasteiger partial charge in [0, 0.05) is 19.6 Å². The Morgan fingerprint density at radius 2 is 2.05 bits per heavy atom. The fraction of sp³-hybridized carbons (Fsp3) is 0.615. The molecule has 116 valence electrons. The second-order valence-corrected chi connectivity index (χ2v) is 8.21. The molecule has 2 aliphatic rings. The fourth-order valence-corrected chi connectivity index (χ4v) is 5.57. The number of morpholine rings is 1. The molecule has 0 spiro atoms. The third-order valence-electron chi connectivity index (χ3n) is 3.87. The normalized spacial score (nSPS) is 24.4. The fourth-order valence-electron chi connectivity index (χ4n) is 2.79. The van der Waals surface area contributed by atoms with Gasteiger partial charge in [-0.1, -0.05) is 6.07 Å². The van der Waals surface area contributed by atoms with Crippen molar-refractivity contribution in [2.75, 3.05) is 32.8 Å². The second-order valence-electron chi connectivity index (χ2n) is 5.14. The van der Waals surface area contributed by atoms with Gasteiger partial charge in [0.2, 0.25) is 5.91 Å². The number of hydrogen-bond donors (Lipinski definition) is 0. The number of rotatable bonds is 3. The Morgan fingerprint density at radius 1 is 1.29 bits per heavy atom. The minimum Gasteiger partial charge on any atom is -0.378 e. The summed E-state index contributed by atoms with van der Waals surface area (Å²) in [7, 11) is -3.56. The summed E-state index contributed by atoms with van der Waals surface area (Å²) < 4.78 is 32.2. The van der Waals surface area contributed by atoms with Gasteiger partial charge in [-0.2, -0.15) is 4.31 Å². The maximum atomic E-state index is 12.6. The predicted octanol–water partition coefficient (Wildman–Crippen LogP) is 0.760. The molecule has 1 amide bonds. The number of hydrogen-bond acceptors (Lipinski definition) is 5. The highest BCUT2D eigenvalue weighted by Crippen LogP contribution is 2.29. The lowest BCUT2D eigenvalue weighted by molar-refractivity contribution is -0.138. The third kappa shape index (κ3) is 2.85. The highest BCUT2D eigenvalue weighted by molar-refractivity contribution is 7.91. The Hall–Kier alpha value is -0.960. The van der Waals surface area contributed by atoms with Crippen molar-refractivity contribution in [3.8, 4) is 0 Å². The average Bonchev–Trinajstić information content (AvgIpc) is 3.19. The molecule has 1 atom stereocenters. The molecule has 0 bridgehead atoms. The van der Waals surface area contributed by atoms with Crippen molar-refractivity contribution >= 4 is 27.3 Å². The average molecular weight is 330 g/mol. The minimum absolute atomic E-state index is 0.0871. The molecular weight excluding hydrogens is 312 g/mol. The van der Waals surface area contributed by atoms with Crippen LogP contribution in [0.4, 0.5) is 0 Å². The van der Waals surface area contributed by atoms with E-state index in [4.69, 9.17) is 4.74 Å². The van der Waals surface area contributed by atoms with Gasteiger partial charge in [-0.25, -0.2) is 8.42 Å². The molecule has 3 heterocycles. The molecule has 6 nitrogen and oxygen atoms in total. The molecule has 0 radical (unpaired) electrons. The topological polar surface area (TPSA) is 66.9 Å². The van der Waals surface area contributed by atoms with Crippen molar-refractivity contribution in [1.82, 2.24) is 9.21 Å². The van der Waals surface area contributed by atoms with E-state index in [-0.39, 0.29) is 5.91 Å². The van der Waals surface area contributed by atoms with E-state index >= 15 is 0 Å². The highest BCUT2D eigenvalue weighted by Gasteiger charge is 2.41. The lowest BCUT2D eigenvalue weighted by Gasteiger charge is -2.31. The van der Waals surface area contributed by atoms with Crippen LogP contribution in [-0.2, 0) is 19.6 Å². The molecule has 2 aliphatic heterocycles. The number of thiophene rings is 1. The number of sulfonamides is 1. The second kappa shape index (κ2) is 6.04. The molecule has 8 heteroatoms. The third-order valence-corrected chi connectivity index (χ3v) is 7.15. The van der Waals surface area contributed by atoms with Crippen LogP contribution >= 0.6 is 11.3 Å². The van der Waals surface area contributed by atoms with Crippen LogP contribution in [0.15, 0.2) is 21.7 Å². The van der Waals surface area contributed by atoms with Crippen LogP contribution in [0.2, 0.25) is 0 Å². The summed E-state index contributed by atoms with van der Waals surface area (Å²) >= 11 is 1.19. The Morgan fingerprint density at radius 3 is 2.71 bits per heavy atom. The molecule has 0 aliphatic carbocycles. The molecule has 0 saturated carbocycles. The first-order valence-corrected chi connectivity index (χ1v) is 9.34. The van der Waals surface area contributed by atoms with Crippen LogP contribution in [-0.4, -0.2) is 62.4 Å². The van der Waals surface area contributed by atoms with E-state index in [2.05, 4.69) is 0 Å². The maximum Gasteiger partial charge on any atom is 0.253 e. The molecular formula is C13H18N2O4S2. The van der Waals surface area contributed by atoms with Crippen molar-refractivity contribution < 1.29 is 17.9 Å². The van der Waals surface area contributed by atoms with Crippen LogP contribution in [0.5, 0.6) is 0 Å².